The van der Waals surface area contributed by atoms with Crippen LogP contribution >= 0.6 is 0 Å². The summed E-state index contributed by atoms with van der Waals surface area (Å²) in [5.74, 6) is -0.475. The fourth-order valence-electron chi connectivity index (χ4n) is 1.52. The van der Waals surface area contributed by atoms with Gasteiger partial charge in [0.05, 0.1) is 17.0 Å². The Morgan fingerprint density at radius 3 is 2.65 bits per heavy atom. The lowest BCUT2D eigenvalue weighted by Gasteiger charge is -2.06. The molecule has 8 nitrogen and oxygen atoms in total. The molecule has 0 saturated carbocycles. The van der Waals surface area contributed by atoms with Crippen molar-refractivity contribution >= 4 is 11.7 Å². The Labute approximate surface area is 113 Å². The van der Waals surface area contributed by atoms with Crippen LogP contribution in [0.2, 0.25) is 0 Å². The van der Waals surface area contributed by atoms with Gasteiger partial charge in [-0.15, -0.1) is 0 Å². The molecule has 0 atom stereocenters. The molecule has 0 spiro atoms. The lowest BCUT2D eigenvalue weighted by molar-refractivity contribution is -0.385. The van der Waals surface area contributed by atoms with Gasteiger partial charge >= 0.3 is 11.7 Å². The van der Waals surface area contributed by atoms with Crippen molar-refractivity contribution in [2.24, 2.45) is 0 Å². The number of carboxylic acid groups (broad SMARTS) is 1. The number of nitro groups is 1. The molecule has 1 heterocycles. The Hall–Kier alpha value is -2.90. The van der Waals surface area contributed by atoms with Crippen LogP contribution in [0.4, 0.5) is 5.69 Å². The molecule has 8 heteroatoms. The van der Waals surface area contributed by atoms with E-state index in [2.05, 4.69) is 5.10 Å². The molecule has 1 aromatic heterocycles. The van der Waals surface area contributed by atoms with Gasteiger partial charge in [0.1, 0.15) is 24.8 Å². The number of ether oxygens (including phenoxy) is 1. The minimum Gasteiger partial charge on any atom is -0.492 e. The SMILES string of the molecule is O=C(O)c1ccc(OCCn2cc([N+](=O)[O-])cn2)cc1. The van der Waals surface area contributed by atoms with E-state index in [0.29, 0.717) is 12.3 Å². The first kappa shape index (κ1) is 13.5. The zero-order valence-corrected chi connectivity index (χ0v) is 10.3. The molecule has 1 N–H and O–H groups in total. The zero-order chi connectivity index (χ0) is 14.5. The van der Waals surface area contributed by atoms with Crippen molar-refractivity contribution in [1.29, 1.82) is 0 Å². The van der Waals surface area contributed by atoms with E-state index in [-0.39, 0.29) is 17.9 Å². The van der Waals surface area contributed by atoms with E-state index in [9.17, 15) is 14.9 Å². The highest BCUT2D eigenvalue weighted by Gasteiger charge is 2.08. The highest BCUT2D eigenvalue weighted by Crippen LogP contribution is 2.12. The Morgan fingerprint density at radius 2 is 2.10 bits per heavy atom. The third-order valence-corrected chi connectivity index (χ3v) is 2.52. The van der Waals surface area contributed by atoms with Gasteiger partial charge in [-0.1, -0.05) is 0 Å². The quantitative estimate of drug-likeness (QED) is 0.634. The van der Waals surface area contributed by atoms with Crippen molar-refractivity contribution in [3.63, 3.8) is 0 Å². The number of nitrogens with zero attached hydrogens (tertiary/aromatic N) is 3. The first-order chi connectivity index (χ1) is 9.56. The normalized spacial score (nSPS) is 10.2. The van der Waals surface area contributed by atoms with Crippen LogP contribution in [-0.2, 0) is 6.54 Å². The van der Waals surface area contributed by atoms with Crippen LogP contribution in [0.3, 0.4) is 0 Å². The van der Waals surface area contributed by atoms with Gasteiger partial charge in [-0.2, -0.15) is 5.10 Å². The van der Waals surface area contributed by atoms with Gasteiger partial charge in [0.2, 0.25) is 0 Å². The Morgan fingerprint density at radius 1 is 1.40 bits per heavy atom. The van der Waals surface area contributed by atoms with Gasteiger partial charge in [-0.05, 0) is 24.3 Å². The predicted octanol–water partition coefficient (Wildman–Crippen LogP) is 1.57. The molecule has 20 heavy (non-hydrogen) atoms. The first-order valence-corrected chi connectivity index (χ1v) is 5.69. The molecule has 0 aliphatic rings. The van der Waals surface area contributed by atoms with Crippen molar-refractivity contribution in [3.05, 3.63) is 52.3 Å². The van der Waals surface area contributed by atoms with Gasteiger partial charge in [-0.25, -0.2) is 4.79 Å². The number of carbonyl (C=O) groups is 1. The Kier molecular flexibility index (Phi) is 3.94. The molecule has 0 radical (unpaired) electrons. The van der Waals surface area contributed by atoms with Gasteiger partial charge < -0.3 is 9.84 Å². The second-order valence-corrected chi connectivity index (χ2v) is 3.90. The molecule has 0 amide bonds. The summed E-state index contributed by atoms with van der Waals surface area (Å²) in [6.07, 6.45) is 2.48. The van der Waals surface area contributed by atoms with E-state index in [1.54, 1.807) is 12.1 Å². The van der Waals surface area contributed by atoms with Crippen molar-refractivity contribution in [3.8, 4) is 5.75 Å². The smallest absolute Gasteiger partial charge is 0.335 e. The molecule has 0 unspecified atom stereocenters. The average molecular weight is 277 g/mol. The fourth-order valence-corrected chi connectivity index (χ4v) is 1.52. The van der Waals surface area contributed by atoms with Crippen LogP contribution < -0.4 is 4.74 Å². The summed E-state index contributed by atoms with van der Waals surface area (Å²) in [7, 11) is 0. The molecule has 0 aliphatic carbocycles. The third-order valence-electron chi connectivity index (χ3n) is 2.52. The lowest BCUT2D eigenvalue weighted by atomic mass is 10.2. The van der Waals surface area contributed by atoms with E-state index in [4.69, 9.17) is 9.84 Å². The molecule has 0 bridgehead atoms. The number of hydrogen-bond donors (Lipinski definition) is 1. The van der Waals surface area contributed by atoms with E-state index in [1.165, 1.54) is 29.2 Å². The molecule has 1 aromatic carbocycles. The molecular formula is C12H11N3O5. The van der Waals surface area contributed by atoms with Crippen LogP contribution in [0.5, 0.6) is 5.75 Å². The molecule has 0 saturated heterocycles. The molecule has 104 valence electrons. The van der Waals surface area contributed by atoms with E-state index in [0.717, 1.165) is 0 Å². The van der Waals surface area contributed by atoms with Gasteiger partial charge in [0, 0.05) is 0 Å². The standard InChI is InChI=1S/C12H11N3O5/c16-12(17)9-1-3-11(4-2-9)20-6-5-14-8-10(7-13-14)15(18)19/h1-4,7-8H,5-6H2,(H,16,17). The van der Waals surface area contributed by atoms with E-state index >= 15 is 0 Å². The molecule has 2 aromatic rings. The average Bonchev–Trinajstić information content (AvgIpc) is 2.88. The monoisotopic (exact) mass is 277 g/mol. The Balaban J connectivity index is 1.85. The topological polar surface area (TPSA) is 107 Å². The summed E-state index contributed by atoms with van der Waals surface area (Å²) in [6.45, 7) is 0.625. The number of carboxylic acids is 1. The maximum atomic E-state index is 10.7. The second-order valence-electron chi connectivity index (χ2n) is 3.90. The van der Waals surface area contributed by atoms with Crippen molar-refractivity contribution < 1.29 is 19.6 Å². The van der Waals surface area contributed by atoms with Crippen LogP contribution in [-0.4, -0.2) is 32.4 Å². The molecule has 0 fully saturated rings. The maximum absolute atomic E-state index is 10.7. The van der Waals surface area contributed by atoms with Crippen LogP contribution in [0.25, 0.3) is 0 Å². The zero-order valence-electron chi connectivity index (χ0n) is 10.3. The highest BCUT2D eigenvalue weighted by atomic mass is 16.6. The molecular weight excluding hydrogens is 266 g/mol. The van der Waals surface area contributed by atoms with E-state index in [1.807, 2.05) is 0 Å². The van der Waals surface area contributed by atoms with Gasteiger partial charge in [-0.3, -0.25) is 14.8 Å². The van der Waals surface area contributed by atoms with Crippen LogP contribution in [0.15, 0.2) is 36.7 Å². The van der Waals surface area contributed by atoms with Crippen molar-refractivity contribution in [2.75, 3.05) is 6.61 Å². The first-order valence-electron chi connectivity index (χ1n) is 5.69. The summed E-state index contributed by atoms with van der Waals surface area (Å²) in [6, 6.07) is 5.98. The summed E-state index contributed by atoms with van der Waals surface area (Å²) in [5, 5.41) is 23.0. The van der Waals surface area contributed by atoms with Crippen LogP contribution in [0.1, 0.15) is 10.4 Å². The third kappa shape index (κ3) is 3.31. The number of aromatic nitrogens is 2. The number of aromatic carboxylic acids is 1. The number of rotatable bonds is 6. The van der Waals surface area contributed by atoms with E-state index < -0.39 is 10.9 Å². The maximum Gasteiger partial charge on any atom is 0.335 e. The summed E-state index contributed by atoms with van der Waals surface area (Å²) in [4.78, 5) is 20.6. The van der Waals surface area contributed by atoms with Crippen molar-refractivity contribution in [2.45, 2.75) is 6.54 Å². The summed E-state index contributed by atoms with van der Waals surface area (Å²) >= 11 is 0. The Bertz CT molecular complexity index is 620. The molecule has 2 rings (SSSR count). The minimum atomic E-state index is -1.000. The van der Waals surface area contributed by atoms with Gasteiger partial charge in [0.25, 0.3) is 0 Å². The number of benzene rings is 1. The second kappa shape index (κ2) is 5.83. The fraction of sp³-hybridized carbons (Fsp3) is 0.167. The van der Waals surface area contributed by atoms with Crippen molar-refractivity contribution in [1.82, 2.24) is 9.78 Å². The molecule has 0 aliphatic heterocycles. The van der Waals surface area contributed by atoms with Gasteiger partial charge in [0.15, 0.2) is 0 Å². The highest BCUT2D eigenvalue weighted by molar-refractivity contribution is 5.87. The van der Waals surface area contributed by atoms with Crippen LogP contribution in [0, 0.1) is 10.1 Å². The predicted molar refractivity (Wildman–Crippen MR) is 67.8 cm³/mol. The summed E-state index contributed by atoms with van der Waals surface area (Å²) in [5.41, 5.74) is 0.107. The lowest BCUT2D eigenvalue weighted by Crippen LogP contribution is -2.08. The largest absolute Gasteiger partial charge is 0.492 e. The number of hydrogen-bond acceptors (Lipinski definition) is 5. The summed E-state index contributed by atoms with van der Waals surface area (Å²) < 4.78 is 6.80. The minimum absolute atomic E-state index is 0.0733.